The van der Waals surface area contributed by atoms with Crippen LogP contribution in [0.15, 0.2) is 46.1 Å². The van der Waals surface area contributed by atoms with E-state index in [1.165, 1.54) is 11.0 Å². The van der Waals surface area contributed by atoms with Gasteiger partial charge in [-0.2, -0.15) is 11.8 Å². The highest BCUT2D eigenvalue weighted by atomic mass is 32.2. The minimum absolute atomic E-state index is 0.126. The fourth-order valence-electron chi connectivity index (χ4n) is 3.93. The Balaban J connectivity index is 1.64. The first-order valence-electron chi connectivity index (χ1n) is 10.5. The van der Waals surface area contributed by atoms with Crippen molar-refractivity contribution in [3.63, 3.8) is 0 Å². The van der Waals surface area contributed by atoms with Crippen LogP contribution in [0.4, 0.5) is 5.69 Å². The third-order valence-electron chi connectivity index (χ3n) is 5.68. The van der Waals surface area contributed by atoms with E-state index in [1.807, 2.05) is 30.8 Å². The summed E-state index contributed by atoms with van der Waals surface area (Å²) in [5.74, 6) is 1.55. The molecule has 1 amide bonds. The number of para-hydroxylation sites is 1. The summed E-state index contributed by atoms with van der Waals surface area (Å²) in [6, 6.07) is 8.30. The number of hydrogen-bond donors (Lipinski definition) is 4. The molecule has 2 aromatic rings. The van der Waals surface area contributed by atoms with Crippen LogP contribution in [0.3, 0.4) is 0 Å². The van der Waals surface area contributed by atoms with E-state index in [0.717, 1.165) is 30.1 Å². The molecule has 0 saturated carbocycles. The van der Waals surface area contributed by atoms with E-state index in [1.54, 1.807) is 26.2 Å². The van der Waals surface area contributed by atoms with Gasteiger partial charge in [-0.05, 0) is 49.8 Å². The quantitative estimate of drug-likeness (QED) is 0.469. The van der Waals surface area contributed by atoms with Gasteiger partial charge in [-0.1, -0.05) is 6.07 Å². The van der Waals surface area contributed by atoms with E-state index >= 15 is 0 Å². The Hall–Kier alpha value is -2.91. The number of phenolic OH excluding ortho intramolecular Hbond substituents is 1. The van der Waals surface area contributed by atoms with E-state index in [4.69, 9.17) is 4.42 Å². The predicted octanol–water partition coefficient (Wildman–Crippen LogP) is 2.79. The molecule has 1 aromatic heterocycles. The van der Waals surface area contributed by atoms with Gasteiger partial charge in [0.1, 0.15) is 17.2 Å². The minimum atomic E-state index is -1.33. The SMILES string of the molecule is Cc1ccc(C(NC2=C(Nc3cccc(C(=O)N(C)C)c3O)C(O)C2=O)C2CCCS2)o1. The Morgan fingerprint density at radius 2 is 2.06 bits per heavy atom. The van der Waals surface area contributed by atoms with Crippen LogP contribution in [0.25, 0.3) is 0 Å². The summed E-state index contributed by atoms with van der Waals surface area (Å²) in [6.45, 7) is 1.87. The van der Waals surface area contributed by atoms with Crippen LogP contribution in [0, 0.1) is 6.92 Å². The molecule has 2 heterocycles. The highest BCUT2D eigenvalue weighted by Crippen LogP contribution is 2.39. The van der Waals surface area contributed by atoms with Crippen LogP contribution in [-0.4, -0.2) is 58.0 Å². The molecule has 32 heavy (non-hydrogen) atoms. The molecule has 1 saturated heterocycles. The van der Waals surface area contributed by atoms with Crippen molar-refractivity contribution in [1.29, 1.82) is 0 Å². The number of aromatic hydroxyl groups is 1. The fourth-order valence-corrected chi connectivity index (χ4v) is 5.30. The summed E-state index contributed by atoms with van der Waals surface area (Å²) in [5.41, 5.74) is 0.879. The number of benzene rings is 1. The molecular formula is C23H27N3O5S. The van der Waals surface area contributed by atoms with E-state index < -0.39 is 11.9 Å². The topological polar surface area (TPSA) is 115 Å². The average molecular weight is 458 g/mol. The summed E-state index contributed by atoms with van der Waals surface area (Å²) < 4.78 is 5.85. The number of carbonyl (C=O) groups is 2. The first-order valence-corrected chi connectivity index (χ1v) is 11.5. The second kappa shape index (κ2) is 8.91. The van der Waals surface area contributed by atoms with Gasteiger partial charge in [-0.25, -0.2) is 0 Å². The van der Waals surface area contributed by atoms with Crippen molar-refractivity contribution < 1.29 is 24.2 Å². The minimum Gasteiger partial charge on any atom is -0.505 e. The Kier molecular flexibility index (Phi) is 6.21. The van der Waals surface area contributed by atoms with Crippen molar-refractivity contribution in [2.75, 3.05) is 25.2 Å². The van der Waals surface area contributed by atoms with Crippen LogP contribution in [0.5, 0.6) is 5.75 Å². The lowest BCUT2D eigenvalue weighted by molar-refractivity contribution is -0.125. The summed E-state index contributed by atoms with van der Waals surface area (Å²) in [4.78, 5) is 26.2. The largest absolute Gasteiger partial charge is 0.505 e. The molecule has 1 aliphatic carbocycles. The van der Waals surface area contributed by atoms with Crippen molar-refractivity contribution in [3.8, 4) is 5.75 Å². The van der Waals surface area contributed by atoms with E-state index in [0.29, 0.717) is 0 Å². The maximum absolute atomic E-state index is 12.5. The third kappa shape index (κ3) is 4.10. The third-order valence-corrected chi connectivity index (χ3v) is 7.14. The first-order chi connectivity index (χ1) is 15.3. The zero-order valence-electron chi connectivity index (χ0n) is 18.2. The number of amides is 1. The van der Waals surface area contributed by atoms with E-state index in [9.17, 15) is 19.8 Å². The predicted molar refractivity (Wildman–Crippen MR) is 123 cm³/mol. The Morgan fingerprint density at radius 3 is 2.69 bits per heavy atom. The van der Waals surface area contributed by atoms with Gasteiger partial charge in [0.15, 0.2) is 11.9 Å². The molecule has 2 aliphatic rings. The van der Waals surface area contributed by atoms with Gasteiger partial charge >= 0.3 is 0 Å². The van der Waals surface area contributed by atoms with Crippen molar-refractivity contribution in [2.45, 2.75) is 37.2 Å². The number of thioether (sulfide) groups is 1. The molecule has 9 heteroatoms. The number of hydrogen-bond acceptors (Lipinski definition) is 8. The normalized spacial score (nSPS) is 21.3. The lowest BCUT2D eigenvalue weighted by Crippen LogP contribution is -2.47. The monoisotopic (exact) mass is 457 g/mol. The summed E-state index contributed by atoms with van der Waals surface area (Å²) >= 11 is 1.83. The number of phenols is 1. The number of aliphatic hydroxyl groups is 1. The molecule has 170 valence electrons. The Bertz CT molecular complexity index is 1070. The van der Waals surface area contributed by atoms with Gasteiger partial charge in [0.2, 0.25) is 5.78 Å². The van der Waals surface area contributed by atoms with Crippen molar-refractivity contribution >= 4 is 29.1 Å². The van der Waals surface area contributed by atoms with Crippen molar-refractivity contribution in [1.82, 2.24) is 10.2 Å². The smallest absolute Gasteiger partial charge is 0.257 e. The molecule has 1 fully saturated rings. The number of anilines is 1. The van der Waals surface area contributed by atoms with E-state index in [-0.39, 0.29) is 45.6 Å². The van der Waals surface area contributed by atoms with Crippen LogP contribution in [-0.2, 0) is 4.79 Å². The summed E-state index contributed by atoms with van der Waals surface area (Å²) in [6.07, 6.45) is 0.749. The molecule has 0 spiro atoms. The van der Waals surface area contributed by atoms with Gasteiger partial charge in [-0.3, -0.25) is 9.59 Å². The first kappa shape index (κ1) is 22.3. The number of aliphatic hydroxyl groups excluding tert-OH is 1. The zero-order valence-corrected chi connectivity index (χ0v) is 19.0. The molecular weight excluding hydrogens is 430 g/mol. The molecule has 3 unspecified atom stereocenters. The second-order valence-electron chi connectivity index (χ2n) is 8.20. The van der Waals surface area contributed by atoms with Crippen LogP contribution in [0.2, 0.25) is 0 Å². The maximum Gasteiger partial charge on any atom is 0.257 e. The molecule has 1 aromatic carbocycles. The second-order valence-corrected chi connectivity index (χ2v) is 9.55. The average Bonchev–Trinajstić information content (AvgIpc) is 3.45. The highest BCUT2D eigenvalue weighted by Gasteiger charge is 2.42. The number of rotatable bonds is 7. The Labute approximate surface area is 190 Å². The molecule has 4 N–H and O–H groups in total. The molecule has 4 rings (SSSR count). The van der Waals surface area contributed by atoms with E-state index in [2.05, 4.69) is 10.6 Å². The zero-order chi connectivity index (χ0) is 23.0. The van der Waals surface area contributed by atoms with Crippen molar-refractivity contribution in [2.24, 2.45) is 0 Å². The lowest BCUT2D eigenvalue weighted by Gasteiger charge is -2.33. The molecule has 8 nitrogen and oxygen atoms in total. The number of Topliss-reactive ketones (excluding diaryl/α,β-unsaturated/α-hetero) is 1. The van der Waals surface area contributed by atoms with Gasteiger partial charge in [0.25, 0.3) is 5.91 Å². The number of carbonyl (C=O) groups excluding carboxylic acids is 2. The Morgan fingerprint density at radius 1 is 1.28 bits per heavy atom. The van der Waals surface area contributed by atoms with Gasteiger partial charge in [0.05, 0.1) is 23.0 Å². The molecule has 3 atom stereocenters. The number of furan rings is 1. The number of aryl methyl sites for hydroxylation is 1. The van der Waals surface area contributed by atoms with Crippen LogP contribution >= 0.6 is 11.8 Å². The number of ketones is 1. The molecule has 1 aliphatic heterocycles. The standard InChI is InChI=1S/C23H27N3O5S/c1-12-9-10-15(31-12)17(16-8-5-11-32-16)25-19-18(21(28)22(19)29)24-14-7-4-6-13(20(14)27)23(30)26(2)3/h4,6-7,9-10,16-17,21,24-25,27-28H,5,8,11H2,1-3H3. The lowest BCUT2D eigenvalue weighted by atomic mass is 9.93. The van der Waals surface area contributed by atoms with Gasteiger partial charge < -0.3 is 30.2 Å². The fraction of sp³-hybridized carbons (Fsp3) is 0.391. The molecule has 0 bridgehead atoms. The number of nitrogens with zero attached hydrogens (tertiary/aromatic N) is 1. The van der Waals surface area contributed by atoms with Crippen molar-refractivity contribution in [3.05, 3.63) is 58.8 Å². The molecule has 0 radical (unpaired) electrons. The number of nitrogens with one attached hydrogen (secondary N) is 2. The summed E-state index contributed by atoms with van der Waals surface area (Å²) in [5, 5.41) is 27.4. The highest BCUT2D eigenvalue weighted by molar-refractivity contribution is 8.00. The van der Waals surface area contributed by atoms with Crippen LogP contribution < -0.4 is 10.6 Å². The summed E-state index contributed by atoms with van der Waals surface area (Å²) in [7, 11) is 3.19. The maximum atomic E-state index is 12.5. The van der Waals surface area contributed by atoms with Gasteiger partial charge in [0, 0.05) is 19.3 Å². The van der Waals surface area contributed by atoms with Gasteiger partial charge in [-0.15, -0.1) is 0 Å². The van der Waals surface area contributed by atoms with Crippen LogP contribution in [0.1, 0.15) is 40.8 Å².